The molecule has 0 radical (unpaired) electrons. The lowest BCUT2D eigenvalue weighted by Gasteiger charge is -2.20. The molecule has 0 aromatic heterocycles. The molecule has 132 valence electrons. The maximum absolute atomic E-state index is 9.28. The molecule has 0 fully saturated rings. The second-order valence-corrected chi connectivity index (χ2v) is 6.84. The van der Waals surface area contributed by atoms with Gasteiger partial charge in [0.05, 0.1) is 17.7 Å². The van der Waals surface area contributed by atoms with Crippen molar-refractivity contribution in [3.05, 3.63) is 59.7 Å². The average molecular weight is 335 g/mol. The average Bonchev–Trinajstić information content (AvgIpc) is 2.66. The molecule has 0 aliphatic heterocycles. The second kappa shape index (κ2) is 10.0. The van der Waals surface area contributed by atoms with E-state index >= 15 is 0 Å². The highest BCUT2D eigenvalue weighted by atomic mass is 16.5. The Balaban J connectivity index is 2.08. The number of hydrogen-bond donors (Lipinski definition) is 0. The van der Waals surface area contributed by atoms with Gasteiger partial charge in [-0.25, -0.2) is 0 Å². The summed E-state index contributed by atoms with van der Waals surface area (Å²) in [5.74, 6) is 0.662. The van der Waals surface area contributed by atoms with E-state index < -0.39 is 0 Å². The van der Waals surface area contributed by atoms with Crippen LogP contribution in [0.2, 0.25) is 0 Å². The summed E-state index contributed by atoms with van der Waals surface area (Å²) in [5, 5.41) is 9.28. The van der Waals surface area contributed by atoms with Gasteiger partial charge in [-0.3, -0.25) is 0 Å². The zero-order valence-corrected chi connectivity index (χ0v) is 15.7. The van der Waals surface area contributed by atoms with Crippen LogP contribution in [0.15, 0.2) is 48.5 Å². The minimum absolute atomic E-state index is 0.136. The Morgan fingerprint density at radius 1 is 1.04 bits per heavy atom. The van der Waals surface area contributed by atoms with E-state index in [4.69, 9.17) is 4.74 Å². The lowest BCUT2D eigenvalue weighted by molar-refractivity contribution is 0.0807. The summed E-state index contributed by atoms with van der Waals surface area (Å²) in [4.78, 5) is 0. The van der Waals surface area contributed by atoms with Crippen LogP contribution in [0.25, 0.3) is 11.1 Å². The minimum atomic E-state index is 0.136. The number of methoxy groups -OCH3 is 1. The molecule has 0 saturated heterocycles. The van der Waals surface area contributed by atoms with Crippen molar-refractivity contribution in [2.75, 3.05) is 7.11 Å². The Morgan fingerprint density at radius 2 is 1.76 bits per heavy atom. The van der Waals surface area contributed by atoms with E-state index in [0.717, 1.165) is 17.5 Å². The molecule has 0 spiro atoms. The molecule has 2 nitrogen and oxygen atoms in total. The van der Waals surface area contributed by atoms with E-state index in [0.29, 0.717) is 11.5 Å². The number of nitriles is 1. The van der Waals surface area contributed by atoms with Crippen LogP contribution in [-0.2, 0) is 4.74 Å². The largest absolute Gasteiger partial charge is 0.377 e. The molecule has 2 aromatic carbocycles. The molecule has 25 heavy (non-hydrogen) atoms. The summed E-state index contributed by atoms with van der Waals surface area (Å²) in [5.41, 5.74) is 3.98. The van der Waals surface area contributed by atoms with E-state index in [9.17, 15) is 5.26 Å². The van der Waals surface area contributed by atoms with Gasteiger partial charge in [0.15, 0.2) is 0 Å². The standard InChI is InChI=1S/C23H29NO/c1-4-5-6-9-18(2)16-23(25-3)20-14-12-19(13-15-20)22-11-8-7-10-21(22)17-24/h7-8,10-15,18,23H,4-6,9,16H2,1-3H3. The van der Waals surface area contributed by atoms with Crippen molar-refractivity contribution in [2.24, 2.45) is 5.92 Å². The predicted octanol–water partition coefficient (Wildman–Crippen LogP) is 6.52. The van der Waals surface area contributed by atoms with Gasteiger partial charge in [0.2, 0.25) is 0 Å². The van der Waals surface area contributed by atoms with Crippen LogP contribution >= 0.6 is 0 Å². The summed E-state index contributed by atoms with van der Waals surface area (Å²) in [6.07, 6.45) is 6.34. The van der Waals surface area contributed by atoms with E-state index in [2.05, 4.69) is 44.2 Å². The molecule has 0 aliphatic carbocycles. The molecule has 2 heteroatoms. The van der Waals surface area contributed by atoms with Crippen molar-refractivity contribution in [3.8, 4) is 17.2 Å². The molecule has 0 N–H and O–H groups in total. The van der Waals surface area contributed by atoms with Crippen molar-refractivity contribution < 1.29 is 4.74 Å². The fourth-order valence-electron chi connectivity index (χ4n) is 3.30. The van der Waals surface area contributed by atoms with Gasteiger partial charge in [-0.05, 0) is 35.1 Å². The van der Waals surface area contributed by atoms with E-state index in [1.54, 1.807) is 7.11 Å². The fourth-order valence-corrected chi connectivity index (χ4v) is 3.30. The topological polar surface area (TPSA) is 33.0 Å². The number of benzene rings is 2. The number of unbranched alkanes of at least 4 members (excludes halogenated alkanes) is 2. The maximum atomic E-state index is 9.28. The maximum Gasteiger partial charge on any atom is 0.0998 e. The van der Waals surface area contributed by atoms with Gasteiger partial charge < -0.3 is 4.74 Å². The van der Waals surface area contributed by atoms with Gasteiger partial charge >= 0.3 is 0 Å². The number of rotatable bonds is 9. The van der Waals surface area contributed by atoms with Crippen LogP contribution in [0.1, 0.15) is 63.2 Å². The van der Waals surface area contributed by atoms with Gasteiger partial charge in [-0.1, -0.05) is 82.0 Å². The monoisotopic (exact) mass is 335 g/mol. The van der Waals surface area contributed by atoms with Crippen LogP contribution in [0.5, 0.6) is 0 Å². The molecule has 0 aliphatic rings. The Kier molecular flexibility index (Phi) is 7.70. The van der Waals surface area contributed by atoms with Crippen LogP contribution in [0.4, 0.5) is 0 Å². The van der Waals surface area contributed by atoms with Gasteiger partial charge in [-0.2, -0.15) is 5.26 Å². The number of ether oxygens (including phenoxy) is 1. The Hall–Kier alpha value is -2.11. The molecular formula is C23H29NO. The van der Waals surface area contributed by atoms with Gasteiger partial charge in [-0.15, -0.1) is 0 Å². The van der Waals surface area contributed by atoms with E-state index in [1.165, 1.54) is 31.2 Å². The van der Waals surface area contributed by atoms with Crippen molar-refractivity contribution >= 4 is 0 Å². The van der Waals surface area contributed by atoms with Crippen molar-refractivity contribution in [3.63, 3.8) is 0 Å². The fraction of sp³-hybridized carbons (Fsp3) is 0.435. The minimum Gasteiger partial charge on any atom is -0.377 e. The zero-order valence-electron chi connectivity index (χ0n) is 15.7. The normalized spacial score (nSPS) is 13.2. The predicted molar refractivity (Wildman–Crippen MR) is 104 cm³/mol. The molecule has 2 unspecified atom stereocenters. The third-order valence-electron chi connectivity index (χ3n) is 4.84. The Bertz CT molecular complexity index is 684. The zero-order chi connectivity index (χ0) is 18.1. The van der Waals surface area contributed by atoms with Gasteiger partial charge in [0.25, 0.3) is 0 Å². The smallest absolute Gasteiger partial charge is 0.0998 e. The summed E-state index contributed by atoms with van der Waals surface area (Å²) in [7, 11) is 1.79. The molecule has 0 bridgehead atoms. The van der Waals surface area contributed by atoms with Crippen LogP contribution in [0, 0.1) is 17.2 Å². The van der Waals surface area contributed by atoms with Crippen LogP contribution in [0.3, 0.4) is 0 Å². The van der Waals surface area contributed by atoms with Crippen molar-refractivity contribution in [1.29, 1.82) is 5.26 Å². The first kappa shape index (κ1) is 19.2. The number of hydrogen-bond acceptors (Lipinski definition) is 2. The SMILES string of the molecule is CCCCCC(C)CC(OC)c1ccc(-c2ccccc2C#N)cc1. The van der Waals surface area contributed by atoms with Gasteiger partial charge in [0.1, 0.15) is 0 Å². The Labute approximate surface area is 152 Å². The van der Waals surface area contributed by atoms with Gasteiger partial charge in [0, 0.05) is 7.11 Å². The molecule has 0 saturated carbocycles. The highest BCUT2D eigenvalue weighted by Gasteiger charge is 2.15. The molecule has 2 atom stereocenters. The van der Waals surface area contributed by atoms with Crippen molar-refractivity contribution in [1.82, 2.24) is 0 Å². The first-order chi connectivity index (χ1) is 12.2. The quantitative estimate of drug-likeness (QED) is 0.489. The molecular weight excluding hydrogens is 306 g/mol. The molecule has 0 amide bonds. The lowest BCUT2D eigenvalue weighted by atomic mass is 9.92. The van der Waals surface area contributed by atoms with Crippen molar-refractivity contribution in [2.45, 2.75) is 52.1 Å². The first-order valence-corrected chi connectivity index (χ1v) is 9.31. The third kappa shape index (κ3) is 5.44. The first-order valence-electron chi connectivity index (χ1n) is 9.31. The van der Waals surface area contributed by atoms with Crippen LogP contribution < -0.4 is 0 Å². The lowest BCUT2D eigenvalue weighted by Crippen LogP contribution is -2.07. The third-order valence-corrected chi connectivity index (χ3v) is 4.84. The molecule has 2 rings (SSSR count). The van der Waals surface area contributed by atoms with Crippen LogP contribution in [-0.4, -0.2) is 7.11 Å². The summed E-state index contributed by atoms with van der Waals surface area (Å²) in [6, 6.07) is 18.5. The molecule has 0 heterocycles. The van der Waals surface area contributed by atoms with E-state index in [1.807, 2.05) is 24.3 Å². The van der Waals surface area contributed by atoms with E-state index in [-0.39, 0.29) is 6.10 Å². The molecule has 2 aromatic rings. The summed E-state index contributed by atoms with van der Waals surface area (Å²) in [6.45, 7) is 4.56. The second-order valence-electron chi connectivity index (χ2n) is 6.84. The summed E-state index contributed by atoms with van der Waals surface area (Å²) < 4.78 is 5.75. The number of nitrogens with zero attached hydrogens (tertiary/aromatic N) is 1. The summed E-state index contributed by atoms with van der Waals surface area (Å²) >= 11 is 0. The highest BCUT2D eigenvalue weighted by Crippen LogP contribution is 2.30. The Morgan fingerprint density at radius 3 is 2.40 bits per heavy atom. The highest BCUT2D eigenvalue weighted by molar-refractivity contribution is 5.70.